The van der Waals surface area contributed by atoms with E-state index >= 15 is 0 Å². The van der Waals surface area contributed by atoms with Crippen LogP contribution in [-0.4, -0.2) is 59.4 Å². The molecular weight excluding hydrogens is 284 g/mol. The number of fused-ring (bicyclic) bond motifs is 1. The summed E-state index contributed by atoms with van der Waals surface area (Å²) in [5, 5.41) is 0. The highest BCUT2D eigenvalue weighted by atomic mass is 16.5. The van der Waals surface area contributed by atoms with E-state index in [-0.39, 0.29) is 24.7 Å². The number of hydrogen-bond acceptors (Lipinski definition) is 4. The Labute approximate surface area is 128 Å². The van der Waals surface area contributed by atoms with Crippen LogP contribution in [0, 0.1) is 0 Å². The molecule has 1 aromatic carbocycles. The second-order valence-corrected chi connectivity index (χ2v) is 5.80. The second-order valence-electron chi connectivity index (χ2n) is 5.80. The quantitative estimate of drug-likeness (QED) is 0.762. The molecule has 1 fully saturated rings. The molecule has 3 amide bonds. The standard InChI is InChI=1S/C16H18N2O4/c1-10-7-17(8-11(2)22-10)14(19)9-18-15(20)12-5-3-4-6-13(12)16(18)21/h3-6,10-11H,7-9H2,1-2H3/t10-,11-/m0/s1. The molecule has 116 valence electrons. The van der Waals surface area contributed by atoms with E-state index in [1.165, 1.54) is 0 Å². The molecule has 1 aromatic rings. The Kier molecular flexibility index (Phi) is 3.70. The number of hydrogen-bond donors (Lipinski definition) is 0. The van der Waals surface area contributed by atoms with E-state index in [4.69, 9.17) is 4.74 Å². The van der Waals surface area contributed by atoms with Gasteiger partial charge in [0.05, 0.1) is 23.3 Å². The van der Waals surface area contributed by atoms with Gasteiger partial charge in [-0.25, -0.2) is 0 Å². The summed E-state index contributed by atoms with van der Waals surface area (Å²) in [5.41, 5.74) is 0.730. The third kappa shape index (κ3) is 2.50. The van der Waals surface area contributed by atoms with Crippen molar-refractivity contribution in [2.75, 3.05) is 19.6 Å². The van der Waals surface area contributed by atoms with Gasteiger partial charge < -0.3 is 9.64 Å². The first-order chi connectivity index (χ1) is 10.5. The SMILES string of the molecule is C[C@H]1CN(C(=O)CN2C(=O)c3ccccc3C2=O)C[C@H](C)O1. The summed E-state index contributed by atoms with van der Waals surface area (Å²) >= 11 is 0. The highest BCUT2D eigenvalue weighted by Gasteiger charge is 2.37. The summed E-state index contributed by atoms with van der Waals surface area (Å²) in [7, 11) is 0. The molecule has 3 rings (SSSR count). The van der Waals surface area contributed by atoms with Gasteiger partial charge >= 0.3 is 0 Å². The number of imide groups is 1. The zero-order chi connectivity index (χ0) is 15.9. The van der Waals surface area contributed by atoms with Gasteiger partial charge in [-0.3, -0.25) is 19.3 Å². The summed E-state index contributed by atoms with van der Waals surface area (Å²) in [4.78, 5) is 39.6. The molecule has 0 bridgehead atoms. The molecule has 6 heteroatoms. The largest absolute Gasteiger partial charge is 0.372 e. The van der Waals surface area contributed by atoms with Crippen molar-refractivity contribution in [2.45, 2.75) is 26.1 Å². The maximum atomic E-state index is 12.4. The number of benzene rings is 1. The molecule has 1 saturated heterocycles. The summed E-state index contributed by atoms with van der Waals surface area (Å²) < 4.78 is 5.59. The van der Waals surface area contributed by atoms with Gasteiger partial charge in [0.25, 0.3) is 11.8 Å². The first-order valence-corrected chi connectivity index (χ1v) is 7.36. The van der Waals surface area contributed by atoms with Crippen molar-refractivity contribution in [1.29, 1.82) is 0 Å². The van der Waals surface area contributed by atoms with E-state index < -0.39 is 11.8 Å². The van der Waals surface area contributed by atoms with Crippen molar-refractivity contribution in [3.05, 3.63) is 35.4 Å². The predicted molar refractivity (Wildman–Crippen MR) is 78.4 cm³/mol. The third-order valence-corrected chi connectivity index (χ3v) is 3.94. The first-order valence-electron chi connectivity index (χ1n) is 7.36. The Morgan fingerprint density at radius 2 is 1.59 bits per heavy atom. The van der Waals surface area contributed by atoms with Crippen LogP contribution >= 0.6 is 0 Å². The smallest absolute Gasteiger partial charge is 0.262 e. The lowest BCUT2D eigenvalue weighted by Gasteiger charge is -2.35. The minimum atomic E-state index is -0.400. The van der Waals surface area contributed by atoms with Gasteiger partial charge in [-0.15, -0.1) is 0 Å². The summed E-state index contributed by atoms with van der Waals surface area (Å²) in [6.45, 7) is 4.54. The lowest BCUT2D eigenvalue weighted by molar-refractivity contribution is -0.143. The van der Waals surface area contributed by atoms with Crippen LogP contribution in [0.3, 0.4) is 0 Å². The molecule has 6 nitrogen and oxygen atoms in total. The van der Waals surface area contributed by atoms with Gasteiger partial charge in [0, 0.05) is 13.1 Å². The first kappa shape index (κ1) is 14.7. The van der Waals surface area contributed by atoms with Gasteiger partial charge in [-0.2, -0.15) is 0 Å². The molecular formula is C16H18N2O4. The predicted octanol–water partition coefficient (Wildman–Crippen LogP) is 0.918. The van der Waals surface area contributed by atoms with Crippen LogP contribution in [0.5, 0.6) is 0 Å². The summed E-state index contributed by atoms with van der Waals surface area (Å²) in [5.74, 6) is -1.02. The van der Waals surface area contributed by atoms with E-state index in [9.17, 15) is 14.4 Å². The van der Waals surface area contributed by atoms with Gasteiger partial charge in [-0.1, -0.05) is 12.1 Å². The van der Waals surface area contributed by atoms with Crippen molar-refractivity contribution < 1.29 is 19.1 Å². The molecule has 0 spiro atoms. The topological polar surface area (TPSA) is 66.9 Å². The summed E-state index contributed by atoms with van der Waals surface area (Å²) in [6.07, 6.45) is -0.0928. The van der Waals surface area contributed by atoms with Crippen LogP contribution in [0.25, 0.3) is 0 Å². The van der Waals surface area contributed by atoms with Crippen LogP contribution < -0.4 is 0 Å². The molecule has 0 aromatic heterocycles. The maximum Gasteiger partial charge on any atom is 0.262 e. The molecule has 2 aliphatic heterocycles. The third-order valence-electron chi connectivity index (χ3n) is 3.94. The van der Waals surface area contributed by atoms with Crippen LogP contribution in [0.2, 0.25) is 0 Å². The zero-order valence-corrected chi connectivity index (χ0v) is 12.6. The minimum Gasteiger partial charge on any atom is -0.372 e. The van der Waals surface area contributed by atoms with Crippen LogP contribution in [0.4, 0.5) is 0 Å². The average Bonchev–Trinajstić information content (AvgIpc) is 2.72. The van der Waals surface area contributed by atoms with Gasteiger partial charge in [-0.05, 0) is 26.0 Å². The number of amides is 3. The number of ether oxygens (including phenoxy) is 1. The van der Waals surface area contributed by atoms with Crippen LogP contribution in [-0.2, 0) is 9.53 Å². The van der Waals surface area contributed by atoms with E-state index in [0.717, 1.165) is 4.90 Å². The van der Waals surface area contributed by atoms with Gasteiger partial charge in [0.15, 0.2) is 0 Å². The van der Waals surface area contributed by atoms with Crippen molar-refractivity contribution in [3.8, 4) is 0 Å². The molecule has 2 aliphatic rings. The van der Waals surface area contributed by atoms with E-state index in [2.05, 4.69) is 0 Å². The van der Waals surface area contributed by atoms with Gasteiger partial charge in [0.1, 0.15) is 6.54 Å². The van der Waals surface area contributed by atoms with E-state index in [0.29, 0.717) is 24.2 Å². The molecule has 0 radical (unpaired) electrons. The molecule has 2 heterocycles. The van der Waals surface area contributed by atoms with Crippen molar-refractivity contribution >= 4 is 17.7 Å². The average molecular weight is 302 g/mol. The molecule has 0 aliphatic carbocycles. The fraction of sp³-hybridized carbons (Fsp3) is 0.438. The minimum absolute atomic E-state index is 0.0464. The normalized spacial score (nSPS) is 24.6. The highest BCUT2D eigenvalue weighted by Crippen LogP contribution is 2.22. The molecule has 22 heavy (non-hydrogen) atoms. The number of carbonyl (C=O) groups is 3. The van der Waals surface area contributed by atoms with Crippen molar-refractivity contribution in [3.63, 3.8) is 0 Å². The summed E-state index contributed by atoms with van der Waals surface area (Å²) in [6, 6.07) is 6.64. The number of rotatable bonds is 2. The fourth-order valence-corrected chi connectivity index (χ4v) is 3.00. The van der Waals surface area contributed by atoms with E-state index in [1.807, 2.05) is 13.8 Å². The highest BCUT2D eigenvalue weighted by molar-refractivity contribution is 6.22. The Bertz CT molecular complexity index is 598. The number of morpholine rings is 1. The molecule has 0 unspecified atom stereocenters. The lowest BCUT2D eigenvalue weighted by Crippen LogP contribution is -2.51. The maximum absolute atomic E-state index is 12.4. The Morgan fingerprint density at radius 3 is 2.09 bits per heavy atom. The Balaban J connectivity index is 1.73. The van der Waals surface area contributed by atoms with E-state index in [1.54, 1.807) is 29.2 Å². The monoisotopic (exact) mass is 302 g/mol. The van der Waals surface area contributed by atoms with Gasteiger partial charge in [0.2, 0.25) is 5.91 Å². The zero-order valence-electron chi connectivity index (χ0n) is 12.6. The van der Waals surface area contributed by atoms with Crippen molar-refractivity contribution in [1.82, 2.24) is 9.80 Å². The number of nitrogens with zero attached hydrogens (tertiary/aromatic N) is 2. The Morgan fingerprint density at radius 1 is 1.09 bits per heavy atom. The lowest BCUT2D eigenvalue weighted by atomic mass is 10.1. The molecule has 0 saturated carbocycles. The second kappa shape index (κ2) is 5.53. The fourth-order valence-electron chi connectivity index (χ4n) is 3.00. The van der Waals surface area contributed by atoms with Crippen molar-refractivity contribution in [2.24, 2.45) is 0 Å². The Hall–Kier alpha value is -2.21. The molecule has 0 N–H and O–H groups in total. The number of carbonyl (C=O) groups excluding carboxylic acids is 3. The van der Waals surface area contributed by atoms with Crippen LogP contribution in [0.15, 0.2) is 24.3 Å². The molecule has 2 atom stereocenters. The van der Waals surface area contributed by atoms with Crippen LogP contribution in [0.1, 0.15) is 34.6 Å².